The molecular weight excluding hydrogens is 690 g/mol. The van der Waals surface area contributed by atoms with Crippen LogP contribution in [0.5, 0.6) is 17.2 Å². The fourth-order valence-electron chi connectivity index (χ4n) is 6.63. The Morgan fingerprint density at radius 3 is 2.46 bits per heavy atom. The van der Waals surface area contributed by atoms with Gasteiger partial charge in [-0.15, -0.1) is 0 Å². The van der Waals surface area contributed by atoms with E-state index in [1.54, 1.807) is 60.2 Å². The van der Waals surface area contributed by atoms with E-state index in [4.69, 9.17) is 18.9 Å². The van der Waals surface area contributed by atoms with Crippen LogP contribution in [0.2, 0.25) is 0 Å². The Morgan fingerprint density at radius 2 is 1.65 bits per heavy atom. The van der Waals surface area contributed by atoms with E-state index in [0.717, 1.165) is 30.0 Å². The van der Waals surface area contributed by atoms with Gasteiger partial charge in [0.25, 0.3) is 5.91 Å². The molecule has 286 valence electrons. The number of nitrogens with zero attached hydrogens (tertiary/aromatic N) is 2. The first kappa shape index (κ1) is 38.2. The van der Waals surface area contributed by atoms with Crippen molar-refractivity contribution in [3.63, 3.8) is 0 Å². The molecule has 54 heavy (non-hydrogen) atoms. The molecule has 0 unspecified atom stereocenters. The molecule has 4 aromatic carbocycles. The predicted molar refractivity (Wildman–Crippen MR) is 208 cm³/mol. The molecule has 0 aromatic heterocycles. The topological polar surface area (TPSA) is 151 Å². The van der Waals surface area contributed by atoms with E-state index < -0.39 is 18.2 Å². The van der Waals surface area contributed by atoms with Gasteiger partial charge in [-0.1, -0.05) is 43.3 Å². The van der Waals surface area contributed by atoms with Crippen molar-refractivity contribution in [2.75, 3.05) is 56.1 Å². The van der Waals surface area contributed by atoms with Crippen molar-refractivity contribution in [2.45, 2.75) is 58.3 Å². The Kier molecular flexibility index (Phi) is 12.4. The largest absolute Gasteiger partial charge is 0.490 e. The number of likely N-dealkylation sites (N-methyl/N-ethyl adjacent to an activating group) is 1. The SMILES string of the molecule is C[C@@H]1CCCCO[C@@H](CN(C)C(=O)Nc2ccc3c(c2)OCO3)[C@@H](C)CN([C@H](C)CO)C(=O)c2cc(NC(=O)Nc3cccc4ccccc34)ccc2O1. The van der Waals surface area contributed by atoms with E-state index in [1.807, 2.05) is 56.3 Å². The molecule has 2 heterocycles. The number of ether oxygens (including phenoxy) is 4. The third kappa shape index (κ3) is 9.33. The first-order valence-corrected chi connectivity index (χ1v) is 18.4. The first-order chi connectivity index (χ1) is 26.1. The molecule has 4 N–H and O–H groups in total. The molecular formula is C41H49N5O8. The molecule has 5 amide bonds. The molecule has 0 bridgehead atoms. The van der Waals surface area contributed by atoms with E-state index in [2.05, 4.69) is 16.0 Å². The molecule has 0 saturated carbocycles. The minimum absolute atomic E-state index is 0.136. The van der Waals surface area contributed by atoms with Gasteiger partial charge >= 0.3 is 12.1 Å². The Morgan fingerprint density at radius 1 is 0.907 bits per heavy atom. The van der Waals surface area contributed by atoms with E-state index in [0.29, 0.717) is 40.9 Å². The number of hydrogen-bond donors (Lipinski definition) is 4. The Balaban J connectivity index is 1.21. The maximum Gasteiger partial charge on any atom is 0.323 e. The summed E-state index contributed by atoms with van der Waals surface area (Å²) < 4.78 is 23.6. The lowest BCUT2D eigenvalue weighted by Gasteiger charge is -2.35. The molecule has 0 aliphatic carbocycles. The van der Waals surface area contributed by atoms with Crippen molar-refractivity contribution in [1.29, 1.82) is 0 Å². The van der Waals surface area contributed by atoms with E-state index in [-0.39, 0.29) is 56.0 Å². The molecule has 13 heteroatoms. The van der Waals surface area contributed by atoms with Gasteiger partial charge in [0, 0.05) is 55.5 Å². The Hall–Kier alpha value is -5.53. The second-order valence-corrected chi connectivity index (χ2v) is 14.0. The van der Waals surface area contributed by atoms with Crippen molar-refractivity contribution in [1.82, 2.24) is 9.80 Å². The summed E-state index contributed by atoms with van der Waals surface area (Å²) in [5.41, 5.74) is 1.88. The molecule has 0 saturated heterocycles. The number of aliphatic hydroxyl groups excluding tert-OH is 1. The highest BCUT2D eigenvalue weighted by Crippen LogP contribution is 2.34. The number of hydrogen-bond acceptors (Lipinski definition) is 8. The Bertz CT molecular complexity index is 1950. The molecule has 2 aliphatic rings. The fourth-order valence-corrected chi connectivity index (χ4v) is 6.63. The van der Waals surface area contributed by atoms with Crippen LogP contribution >= 0.6 is 0 Å². The quantitative estimate of drug-likeness (QED) is 0.156. The van der Waals surface area contributed by atoms with Gasteiger partial charge in [-0.05, 0) is 74.9 Å². The lowest BCUT2D eigenvalue weighted by atomic mass is 10.0. The van der Waals surface area contributed by atoms with Crippen LogP contribution in [0.15, 0.2) is 78.9 Å². The van der Waals surface area contributed by atoms with Gasteiger partial charge in [0.1, 0.15) is 5.75 Å². The van der Waals surface area contributed by atoms with Gasteiger partial charge in [-0.2, -0.15) is 0 Å². The maximum atomic E-state index is 14.5. The number of aliphatic hydroxyl groups is 1. The molecule has 6 rings (SSSR count). The highest BCUT2D eigenvalue weighted by atomic mass is 16.7. The Labute approximate surface area is 315 Å². The second kappa shape index (κ2) is 17.5. The predicted octanol–water partition coefficient (Wildman–Crippen LogP) is 7.17. The maximum absolute atomic E-state index is 14.5. The number of nitrogens with one attached hydrogen (secondary N) is 3. The van der Waals surface area contributed by atoms with Crippen LogP contribution in [-0.4, -0.2) is 91.3 Å². The smallest absolute Gasteiger partial charge is 0.323 e. The zero-order chi connectivity index (χ0) is 38.2. The monoisotopic (exact) mass is 739 g/mol. The van der Waals surface area contributed by atoms with Gasteiger partial charge < -0.3 is 49.8 Å². The van der Waals surface area contributed by atoms with Crippen LogP contribution in [0.4, 0.5) is 26.7 Å². The minimum atomic E-state index is -0.558. The van der Waals surface area contributed by atoms with Gasteiger partial charge in [0.15, 0.2) is 11.5 Å². The molecule has 0 radical (unpaired) electrons. The van der Waals surface area contributed by atoms with Crippen LogP contribution in [-0.2, 0) is 4.74 Å². The average molecular weight is 740 g/mol. The molecule has 0 fully saturated rings. The molecule has 0 spiro atoms. The summed E-state index contributed by atoms with van der Waals surface area (Å²) in [6, 6.07) is 22.4. The number of carbonyl (C=O) groups excluding carboxylic acids is 3. The number of benzene rings is 4. The summed E-state index contributed by atoms with van der Waals surface area (Å²) >= 11 is 0. The molecule has 2 aliphatic heterocycles. The second-order valence-electron chi connectivity index (χ2n) is 14.0. The highest BCUT2D eigenvalue weighted by molar-refractivity contribution is 6.07. The lowest BCUT2D eigenvalue weighted by Crippen LogP contribution is -2.48. The number of carbonyl (C=O) groups is 3. The third-order valence-electron chi connectivity index (χ3n) is 9.77. The van der Waals surface area contributed by atoms with E-state index in [1.165, 1.54) is 0 Å². The van der Waals surface area contributed by atoms with Gasteiger partial charge in [0.2, 0.25) is 6.79 Å². The van der Waals surface area contributed by atoms with Crippen molar-refractivity contribution >= 4 is 45.8 Å². The summed E-state index contributed by atoms with van der Waals surface area (Å²) in [6.45, 7) is 6.50. The van der Waals surface area contributed by atoms with E-state index >= 15 is 0 Å². The van der Waals surface area contributed by atoms with Crippen LogP contribution in [0.1, 0.15) is 50.4 Å². The van der Waals surface area contributed by atoms with Crippen molar-refractivity contribution in [3.05, 3.63) is 84.4 Å². The van der Waals surface area contributed by atoms with Crippen molar-refractivity contribution < 1.29 is 38.4 Å². The van der Waals surface area contributed by atoms with Gasteiger partial charge in [-0.25, -0.2) is 9.59 Å². The summed E-state index contributed by atoms with van der Waals surface area (Å²) in [7, 11) is 1.70. The van der Waals surface area contributed by atoms with Crippen LogP contribution < -0.4 is 30.2 Å². The zero-order valence-electron chi connectivity index (χ0n) is 31.2. The van der Waals surface area contributed by atoms with Crippen LogP contribution in [0.3, 0.4) is 0 Å². The summed E-state index contributed by atoms with van der Waals surface area (Å²) in [5.74, 6) is 0.962. The van der Waals surface area contributed by atoms with Crippen LogP contribution in [0, 0.1) is 5.92 Å². The molecule has 4 atom stereocenters. The summed E-state index contributed by atoms with van der Waals surface area (Å²) in [5, 5.41) is 20.9. The van der Waals surface area contributed by atoms with Gasteiger partial charge in [0.05, 0.1) is 36.1 Å². The molecule has 13 nitrogen and oxygen atoms in total. The lowest BCUT2D eigenvalue weighted by molar-refractivity contribution is -0.0115. The zero-order valence-corrected chi connectivity index (χ0v) is 31.2. The number of rotatable bonds is 7. The number of fused-ring (bicyclic) bond motifs is 3. The summed E-state index contributed by atoms with van der Waals surface area (Å²) in [4.78, 5) is 44.2. The summed E-state index contributed by atoms with van der Waals surface area (Å²) in [6.07, 6.45) is 1.69. The number of amides is 5. The average Bonchev–Trinajstić information content (AvgIpc) is 3.64. The van der Waals surface area contributed by atoms with Crippen LogP contribution in [0.25, 0.3) is 10.8 Å². The number of urea groups is 2. The third-order valence-corrected chi connectivity index (χ3v) is 9.77. The number of anilines is 3. The van der Waals surface area contributed by atoms with Crippen molar-refractivity contribution in [3.8, 4) is 17.2 Å². The first-order valence-electron chi connectivity index (χ1n) is 18.4. The standard InChI is InChI=1S/C41H49N5O8/c1-26-22-46(27(2)24-47)39(48)33-20-30(42-40(49)44-34-14-9-12-29-11-5-6-13-32(29)34)15-17-35(33)54-28(3)10-7-8-19-51-38(26)23-45(4)41(50)43-31-16-18-36-37(21-31)53-25-52-36/h5-6,9,11-18,20-21,26-28,38,47H,7-8,10,19,22-25H2,1-4H3,(H,43,50)(H2,42,44,49)/t26-,27+,28+,38-/m0/s1. The fraction of sp³-hybridized carbons (Fsp3) is 0.390. The van der Waals surface area contributed by atoms with E-state index in [9.17, 15) is 19.5 Å². The molecule has 4 aromatic rings. The van der Waals surface area contributed by atoms with Gasteiger partial charge in [-0.3, -0.25) is 4.79 Å². The minimum Gasteiger partial charge on any atom is -0.490 e. The van der Waals surface area contributed by atoms with Crippen molar-refractivity contribution in [2.24, 2.45) is 5.92 Å². The highest BCUT2D eigenvalue weighted by Gasteiger charge is 2.31. The normalized spacial score (nSPS) is 19.5.